The number of amides is 1. The van der Waals surface area contributed by atoms with Gasteiger partial charge in [0.25, 0.3) is 0 Å². The van der Waals surface area contributed by atoms with Gasteiger partial charge in [-0.2, -0.15) is 0 Å². The molecule has 0 radical (unpaired) electrons. The van der Waals surface area contributed by atoms with Crippen LogP contribution in [-0.4, -0.2) is 58.4 Å². The van der Waals surface area contributed by atoms with E-state index >= 15 is 0 Å². The lowest BCUT2D eigenvalue weighted by molar-refractivity contribution is -0.144. The number of carbonyl (C=O) groups is 2. The summed E-state index contributed by atoms with van der Waals surface area (Å²) in [6.45, 7) is 2.00. The average Bonchev–Trinajstić information content (AvgIpc) is 2.61. The highest BCUT2D eigenvalue weighted by Crippen LogP contribution is 2.12. The molecular weight excluding hydrogens is 334 g/mol. The smallest absolute Gasteiger partial charge is 0.310 e. The fraction of sp³-hybridized carbons (Fsp3) is 0.800. The van der Waals surface area contributed by atoms with Gasteiger partial charge in [0, 0.05) is 19.5 Å². The first-order chi connectivity index (χ1) is 12.6. The third-order valence-corrected chi connectivity index (χ3v) is 4.40. The zero-order valence-electron chi connectivity index (χ0n) is 16.2. The molecule has 0 fully saturated rings. The molecular formula is C20H37NO5. The number of nitrogens with zero attached hydrogens (tertiary/aromatic N) is 1. The third-order valence-electron chi connectivity index (χ3n) is 4.40. The summed E-state index contributed by atoms with van der Waals surface area (Å²) < 4.78 is 0. The molecule has 0 aromatic rings. The fourth-order valence-corrected chi connectivity index (χ4v) is 2.81. The van der Waals surface area contributed by atoms with E-state index in [4.69, 9.17) is 10.2 Å². The Morgan fingerprint density at radius 1 is 0.923 bits per heavy atom. The van der Waals surface area contributed by atoms with Crippen molar-refractivity contribution < 1.29 is 24.9 Å². The molecule has 0 heterocycles. The van der Waals surface area contributed by atoms with Gasteiger partial charge in [-0.1, -0.05) is 64.0 Å². The van der Waals surface area contributed by atoms with Crippen LogP contribution in [0.5, 0.6) is 0 Å². The van der Waals surface area contributed by atoms with Crippen molar-refractivity contribution in [3.05, 3.63) is 12.2 Å². The van der Waals surface area contributed by atoms with E-state index in [0.29, 0.717) is 0 Å². The van der Waals surface area contributed by atoms with Crippen molar-refractivity contribution in [2.45, 2.75) is 71.1 Å². The van der Waals surface area contributed by atoms with Crippen molar-refractivity contribution in [1.29, 1.82) is 0 Å². The number of rotatable bonds is 17. The minimum absolute atomic E-state index is 0.105. The molecule has 0 rings (SSSR count). The Bertz CT molecular complexity index is 392. The first-order valence-electron chi connectivity index (χ1n) is 9.95. The molecule has 3 N–H and O–H groups in total. The van der Waals surface area contributed by atoms with E-state index in [1.54, 1.807) is 6.08 Å². The lowest BCUT2D eigenvalue weighted by Gasteiger charge is -2.21. The summed E-state index contributed by atoms with van der Waals surface area (Å²) in [4.78, 5) is 24.8. The molecule has 0 aliphatic carbocycles. The number of aliphatic hydroxyl groups excluding tert-OH is 2. The molecule has 0 aliphatic rings. The van der Waals surface area contributed by atoms with Crippen LogP contribution in [0.15, 0.2) is 12.2 Å². The first kappa shape index (κ1) is 24.6. The first-order valence-corrected chi connectivity index (χ1v) is 9.95. The van der Waals surface area contributed by atoms with Crippen LogP contribution in [0.25, 0.3) is 0 Å². The second-order valence-electron chi connectivity index (χ2n) is 6.67. The number of hydrogen-bond acceptors (Lipinski definition) is 4. The number of allylic oxidation sites excluding steroid dienone is 1. The van der Waals surface area contributed by atoms with Gasteiger partial charge in [-0.15, -0.1) is 0 Å². The molecule has 6 heteroatoms. The van der Waals surface area contributed by atoms with Crippen molar-refractivity contribution in [3.63, 3.8) is 0 Å². The molecule has 6 nitrogen and oxygen atoms in total. The quantitative estimate of drug-likeness (QED) is 0.270. The number of carboxylic acid groups (broad SMARTS) is 1. The Kier molecular flexibility index (Phi) is 16.1. The van der Waals surface area contributed by atoms with Gasteiger partial charge in [0.05, 0.1) is 19.1 Å². The number of carboxylic acids is 1. The molecule has 1 atom stereocenters. The van der Waals surface area contributed by atoms with E-state index in [9.17, 15) is 14.7 Å². The molecule has 0 saturated heterocycles. The molecule has 0 spiro atoms. The molecule has 26 heavy (non-hydrogen) atoms. The highest BCUT2D eigenvalue weighted by atomic mass is 16.4. The maximum atomic E-state index is 12.1. The van der Waals surface area contributed by atoms with Crippen LogP contribution in [0.4, 0.5) is 0 Å². The van der Waals surface area contributed by atoms with Crippen LogP contribution in [0.3, 0.4) is 0 Å². The summed E-state index contributed by atoms with van der Waals surface area (Å²) in [7, 11) is 0. The van der Waals surface area contributed by atoms with Crippen molar-refractivity contribution in [1.82, 2.24) is 4.90 Å². The Balaban J connectivity index is 4.12. The minimum atomic E-state index is -1.03. The van der Waals surface area contributed by atoms with Gasteiger partial charge in [-0.3, -0.25) is 9.59 Å². The number of hydrogen-bond donors (Lipinski definition) is 3. The van der Waals surface area contributed by atoms with Crippen LogP contribution >= 0.6 is 0 Å². The average molecular weight is 372 g/mol. The zero-order chi connectivity index (χ0) is 19.6. The van der Waals surface area contributed by atoms with Gasteiger partial charge in [-0.05, 0) is 12.8 Å². The van der Waals surface area contributed by atoms with E-state index in [-0.39, 0.29) is 38.6 Å². The van der Waals surface area contributed by atoms with E-state index < -0.39 is 11.9 Å². The van der Waals surface area contributed by atoms with Gasteiger partial charge in [0.15, 0.2) is 0 Å². The number of aliphatic hydroxyl groups is 2. The molecule has 0 saturated carbocycles. The Hall–Kier alpha value is -1.40. The largest absolute Gasteiger partial charge is 0.481 e. The van der Waals surface area contributed by atoms with E-state index in [0.717, 1.165) is 19.3 Å². The molecule has 152 valence electrons. The fourth-order valence-electron chi connectivity index (χ4n) is 2.81. The lowest BCUT2D eigenvalue weighted by atomic mass is 10.0. The summed E-state index contributed by atoms with van der Waals surface area (Å²) in [5.74, 6) is -2.26. The predicted molar refractivity (Wildman–Crippen MR) is 103 cm³/mol. The Morgan fingerprint density at radius 3 is 1.96 bits per heavy atom. The van der Waals surface area contributed by atoms with Crippen LogP contribution in [0.1, 0.15) is 71.1 Å². The molecule has 0 aliphatic heterocycles. The Morgan fingerprint density at radius 2 is 1.46 bits per heavy atom. The third kappa shape index (κ3) is 12.9. The van der Waals surface area contributed by atoms with Crippen molar-refractivity contribution in [3.8, 4) is 0 Å². The molecule has 0 bridgehead atoms. The molecule has 1 unspecified atom stereocenters. The van der Waals surface area contributed by atoms with Crippen LogP contribution < -0.4 is 0 Å². The van der Waals surface area contributed by atoms with Gasteiger partial charge >= 0.3 is 5.97 Å². The predicted octanol–water partition coefficient (Wildman–Crippen LogP) is 2.98. The molecule has 1 amide bonds. The summed E-state index contributed by atoms with van der Waals surface area (Å²) >= 11 is 0. The molecule has 0 aromatic heterocycles. The SMILES string of the molecule is CCCCCCCCCCC=CC(CC(=O)N(CCO)CCO)C(=O)O. The minimum Gasteiger partial charge on any atom is -0.481 e. The monoisotopic (exact) mass is 371 g/mol. The maximum absolute atomic E-state index is 12.1. The number of carbonyl (C=O) groups excluding carboxylic acids is 1. The van der Waals surface area contributed by atoms with E-state index in [2.05, 4.69) is 6.92 Å². The topological polar surface area (TPSA) is 98.1 Å². The molecule has 0 aromatic carbocycles. The van der Waals surface area contributed by atoms with Crippen LogP contribution in [-0.2, 0) is 9.59 Å². The van der Waals surface area contributed by atoms with Crippen molar-refractivity contribution in [2.24, 2.45) is 5.92 Å². The summed E-state index contributed by atoms with van der Waals surface area (Å²) in [6.07, 6.45) is 14.0. The second-order valence-corrected chi connectivity index (χ2v) is 6.67. The Labute approximate surface area is 157 Å². The van der Waals surface area contributed by atoms with Crippen LogP contribution in [0.2, 0.25) is 0 Å². The maximum Gasteiger partial charge on any atom is 0.310 e. The second kappa shape index (κ2) is 17.0. The van der Waals surface area contributed by atoms with Crippen molar-refractivity contribution in [2.75, 3.05) is 26.3 Å². The van der Waals surface area contributed by atoms with Crippen LogP contribution in [0, 0.1) is 5.92 Å². The zero-order valence-corrected chi connectivity index (χ0v) is 16.2. The summed E-state index contributed by atoms with van der Waals surface area (Å²) in [5.41, 5.74) is 0. The lowest BCUT2D eigenvalue weighted by Crippen LogP contribution is -2.37. The van der Waals surface area contributed by atoms with Crippen molar-refractivity contribution >= 4 is 11.9 Å². The van der Waals surface area contributed by atoms with Gasteiger partial charge in [0.2, 0.25) is 5.91 Å². The van der Waals surface area contributed by atoms with Gasteiger partial charge in [0.1, 0.15) is 0 Å². The highest BCUT2D eigenvalue weighted by Gasteiger charge is 2.21. The normalized spacial score (nSPS) is 12.4. The summed E-state index contributed by atoms with van der Waals surface area (Å²) in [5, 5.41) is 27.2. The standard InChI is InChI=1S/C20H37NO5/c1-2-3-4-5-6-7-8-9-10-11-12-18(20(25)26)17-19(24)21(13-15-22)14-16-23/h11-12,18,22-23H,2-10,13-17H2,1H3,(H,25,26). The summed E-state index contributed by atoms with van der Waals surface area (Å²) in [6, 6.07) is 0. The number of aliphatic carboxylic acids is 1. The van der Waals surface area contributed by atoms with E-state index in [1.165, 1.54) is 43.4 Å². The number of unbranched alkanes of at least 4 members (excludes halogenated alkanes) is 8. The highest BCUT2D eigenvalue weighted by molar-refractivity contribution is 5.83. The van der Waals surface area contributed by atoms with Gasteiger partial charge in [-0.25, -0.2) is 0 Å². The van der Waals surface area contributed by atoms with Gasteiger partial charge < -0.3 is 20.2 Å². The van der Waals surface area contributed by atoms with E-state index in [1.807, 2.05) is 6.08 Å².